The summed E-state index contributed by atoms with van der Waals surface area (Å²) < 4.78 is 5.36. The van der Waals surface area contributed by atoms with Gasteiger partial charge in [-0.15, -0.1) is 0 Å². The third-order valence-corrected chi connectivity index (χ3v) is 4.77. The Morgan fingerprint density at radius 1 is 1.12 bits per heavy atom. The van der Waals surface area contributed by atoms with Crippen LogP contribution < -0.4 is 10.5 Å². The van der Waals surface area contributed by atoms with Gasteiger partial charge in [-0.25, -0.2) is 4.98 Å². The number of fused-ring (bicyclic) bond motifs is 1. The number of nitrogens with zero attached hydrogens (tertiary/aromatic N) is 2. The smallest absolute Gasteiger partial charge is 0.256 e. The molecule has 25 heavy (non-hydrogen) atoms. The maximum Gasteiger partial charge on any atom is 0.256 e. The maximum atomic E-state index is 12.7. The molecule has 2 heterocycles. The summed E-state index contributed by atoms with van der Waals surface area (Å²) in [7, 11) is 0. The van der Waals surface area contributed by atoms with Gasteiger partial charge in [0.2, 0.25) is 5.95 Å². The molecular weight excluding hydrogens is 314 g/mol. The quantitative estimate of drug-likeness (QED) is 0.799. The summed E-state index contributed by atoms with van der Waals surface area (Å²) in [6, 6.07) is 14.5. The largest absolute Gasteiger partial charge is 0.378 e. The second-order valence-electron chi connectivity index (χ2n) is 6.37. The molecule has 0 bridgehead atoms. The molecule has 0 amide bonds. The molecule has 0 unspecified atom stereocenters. The third kappa shape index (κ3) is 3.15. The highest BCUT2D eigenvalue weighted by Gasteiger charge is 2.16. The van der Waals surface area contributed by atoms with Crippen molar-refractivity contribution in [2.24, 2.45) is 0 Å². The Kier molecular flexibility index (Phi) is 4.24. The van der Waals surface area contributed by atoms with Gasteiger partial charge in [0.15, 0.2) is 0 Å². The Morgan fingerprint density at radius 3 is 2.68 bits per heavy atom. The SMILES string of the molecule is Cc1nc(N2CCOCC2)[nH]c(=O)c1Cc1cccc2ccccc12. The molecule has 1 fully saturated rings. The number of H-pyrrole nitrogens is 1. The van der Waals surface area contributed by atoms with Gasteiger partial charge in [0.1, 0.15) is 0 Å². The molecule has 0 radical (unpaired) electrons. The Labute approximate surface area is 146 Å². The van der Waals surface area contributed by atoms with E-state index >= 15 is 0 Å². The Balaban J connectivity index is 1.69. The first-order chi connectivity index (χ1) is 12.2. The summed E-state index contributed by atoms with van der Waals surface area (Å²) in [6.45, 7) is 4.76. The van der Waals surface area contributed by atoms with Gasteiger partial charge >= 0.3 is 0 Å². The Bertz CT molecular complexity index is 953. The lowest BCUT2D eigenvalue weighted by atomic mass is 9.98. The van der Waals surface area contributed by atoms with E-state index in [-0.39, 0.29) is 5.56 Å². The Morgan fingerprint density at radius 2 is 1.88 bits per heavy atom. The van der Waals surface area contributed by atoms with E-state index < -0.39 is 0 Å². The van der Waals surface area contributed by atoms with E-state index in [1.807, 2.05) is 25.1 Å². The van der Waals surface area contributed by atoms with Crippen molar-refractivity contribution in [1.29, 1.82) is 0 Å². The van der Waals surface area contributed by atoms with E-state index in [4.69, 9.17) is 4.74 Å². The summed E-state index contributed by atoms with van der Waals surface area (Å²) in [5.41, 5.74) is 2.61. The van der Waals surface area contributed by atoms with Crippen LogP contribution in [0, 0.1) is 6.92 Å². The maximum absolute atomic E-state index is 12.7. The number of benzene rings is 2. The number of ether oxygens (including phenoxy) is 1. The Hall–Kier alpha value is -2.66. The molecule has 128 valence electrons. The van der Waals surface area contributed by atoms with Gasteiger partial charge in [0, 0.05) is 25.1 Å². The van der Waals surface area contributed by atoms with E-state index in [1.54, 1.807) is 0 Å². The summed E-state index contributed by atoms with van der Waals surface area (Å²) in [5, 5.41) is 2.37. The summed E-state index contributed by atoms with van der Waals surface area (Å²) in [5.74, 6) is 0.646. The molecule has 0 atom stereocenters. The van der Waals surface area contributed by atoms with Crippen LogP contribution in [0.3, 0.4) is 0 Å². The molecule has 1 aliphatic heterocycles. The number of aromatic amines is 1. The fourth-order valence-electron chi connectivity index (χ4n) is 3.37. The predicted molar refractivity (Wildman–Crippen MR) is 99.4 cm³/mol. The van der Waals surface area contributed by atoms with Crippen LogP contribution in [0.4, 0.5) is 5.95 Å². The number of aromatic nitrogens is 2. The van der Waals surface area contributed by atoms with E-state index in [0.29, 0.717) is 25.6 Å². The second kappa shape index (κ2) is 6.69. The van der Waals surface area contributed by atoms with Crippen LogP contribution in [0.1, 0.15) is 16.8 Å². The molecule has 0 aliphatic carbocycles. The highest BCUT2D eigenvalue weighted by molar-refractivity contribution is 5.85. The van der Waals surface area contributed by atoms with E-state index in [0.717, 1.165) is 29.9 Å². The van der Waals surface area contributed by atoms with E-state index in [2.05, 4.69) is 39.1 Å². The summed E-state index contributed by atoms with van der Waals surface area (Å²) >= 11 is 0. The van der Waals surface area contributed by atoms with Gasteiger partial charge < -0.3 is 9.64 Å². The molecule has 2 aromatic carbocycles. The van der Waals surface area contributed by atoms with Crippen LogP contribution in [-0.2, 0) is 11.2 Å². The van der Waals surface area contributed by atoms with Gasteiger partial charge in [-0.2, -0.15) is 0 Å². The van der Waals surface area contributed by atoms with Crippen molar-refractivity contribution in [3.63, 3.8) is 0 Å². The van der Waals surface area contributed by atoms with Crippen LogP contribution in [-0.4, -0.2) is 36.3 Å². The van der Waals surface area contributed by atoms with Crippen LogP contribution in [0.2, 0.25) is 0 Å². The lowest BCUT2D eigenvalue weighted by Gasteiger charge is -2.27. The zero-order chi connectivity index (χ0) is 17.2. The minimum Gasteiger partial charge on any atom is -0.378 e. The zero-order valence-corrected chi connectivity index (χ0v) is 14.3. The molecule has 5 heteroatoms. The minimum atomic E-state index is -0.0538. The van der Waals surface area contributed by atoms with Crippen LogP contribution in [0.5, 0.6) is 0 Å². The first-order valence-corrected chi connectivity index (χ1v) is 8.61. The summed E-state index contributed by atoms with van der Waals surface area (Å²) in [4.78, 5) is 22.4. The molecular formula is C20H21N3O2. The van der Waals surface area contributed by atoms with Crippen molar-refractivity contribution in [1.82, 2.24) is 9.97 Å². The van der Waals surface area contributed by atoms with Crippen molar-refractivity contribution in [3.8, 4) is 0 Å². The molecule has 5 nitrogen and oxygen atoms in total. The number of hydrogen-bond acceptors (Lipinski definition) is 4. The van der Waals surface area contributed by atoms with Gasteiger partial charge in [-0.3, -0.25) is 9.78 Å². The van der Waals surface area contributed by atoms with Gasteiger partial charge in [-0.1, -0.05) is 42.5 Å². The number of hydrogen-bond donors (Lipinski definition) is 1. The average molecular weight is 335 g/mol. The fraction of sp³-hybridized carbons (Fsp3) is 0.300. The molecule has 4 rings (SSSR count). The zero-order valence-electron chi connectivity index (χ0n) is 14.3. The molecule has 1 aliphatic rings. The number of nitrogens with one attached hydrogen (secondary N) is 1. The van der Waals surface area contributed by atoms with Crippen LogP contribution in [0.15, 0.2) is 47.3 Å². The van der Waals surface area contributed by atoms with Gasteiger partial charge in [0.25, 0.3) is 5.56 Å². The van der Waals surface area contributed by atoms with Gasteiger partial charge in [-0.05, 0) is 23.3 Å². The standard InChI is InChI=1S/C20H21N3O2/c1-14-18(13-16-7-4-6-15-5-2-3-8-17(15)16)19(24)22-20(21-14)23-9-11-25-12-10-23/h2-8H,9-13H2,1H3,(H,21,22,24). The molecule has 1 N–H and O–H groups in total. The van der Waals surface area contributed by atoms with Crippen LogP contribution >= 0.6 is 0 Å². The average Bonchev–Trinajstić information content (AvgIpc) is 2.65. The molecule has 1 saturated heterocycles. The normalized spacial score (nSPS) is 14.8. The lowest BCUT2D eigenvalue weighted by molar-refractivity contribution is 0.122. The number of rotatable bonds is 3. The molecule has 3 aromatic rings. The minimum absolute atomic E-state index is 0.0538. The second-order valence-corrected chi connectivity index (χ2v) is 6.37. The number of anilines is 1. The van der Waals surface area contributed by atoms with Crippen molar-refractivity contribution in [2.75, 3.05) is 31.2 Å². The third-order valence-electron chi connectivity index (χ3n) is 4.77. The summed E-state index contributed by atoms with van der Waals surface area (Å²) in [6.07, 6.45) is 0.582. The van der Waals surface area contributed by atoms with Crippen molar-refractivity contribution < 1.29 is 4.74 Å². The van der Waals surface area contributed by atoms with E-state index in [1.165, 1.54) is 10.8 Å². The first kappa shape index (κ1) is 15.8. The highest BCUT2D eigenvalue weighted by Crippen LogP contribution is 2.21. The van der Waals surface area contributed by atoms with Crippen molar-refractivity contribution in [3.05, 3.63) is 69.6 Å². The predicted octanol–water partition coefficient (Wildman–Crippen LogP) is 2.66. The van der Waals surface area contributed by atoms with Crippen molar-refractivity contribution in [2.45, 2.75) is 13.3 Å². The van der Waals surface area contributed by atoms with Crippen LogP contribution in [0.25, 0.3) is 10.8 Å². The number of aryl methyl sites for hydroxylation is 1. The fourth-order valence-corrected chi connectivity index (χ4v) is 3.37. The molecule has 1 aromatic heterocycles. The molecule has 0 spiro atoms. The van der Waals surface area contributed by atoms with Crippen molar-refractivity contribution >= 4 is 16.7 Å². The van der Waals surface area contributed by atoms with Gasteiger partial charge in [0.05, 0.1) is 18.9 Å². The van der Waals surface area contributed by atoms with E-state index in [9.17, 15) is 4.79 Å². The molecule has 0 saturated carbocycles. The monoisotopic (exact) mass is 335 g/mol. The number of morpholine rings is 1. The lowest BCUT2D eigenvalue weighted by Crippen LogP contribution is -2.38. The highest BCUT2D eigenvalue weighted by atomic mass is 16.5. The first-order valence-electron chi connectivity index (χ1n) is 8.61. The topological polar surface area (TPSA) is 58.2 Å².